The lowest BCUT2D eigenvalue weighted by Crippen LogP contribution is -2.70. The number of nitrogens with zero attached hydrogens (tertiary/aromatic N) is 1. The molecule has 13 heteroatoms. The molecule has 0 amide bonds. The van der Waals surface area contributed by atoms with Crippen LogP contribution in [0.5, 0.6) is 0 Å². The summed E-state index contributed by atoms with van der Waals surface area (Å²) in [7, 11) is 0. The summed E-state index contributed by atoms with van der Waals surface area (Å²) >= 11 is 0. The fourth-order valence-corrected chi connectivity index (χ4v) is 7.05. The largest absolute Gasteiger partial charge is 0.397 e. The fourth-order valence-electron chi connectivity index (χ4n) is 7.05. The van der Waals surface area contributed by atoms with E-state index in [4.69, 9.17) is 10.5 Å². The molecule has 0 aliphatic carbocycles. The summed E-state index contributed by atoms with van der Waals surface area (Å²) in [4.78, 5) is 1.93. The van der Waals surface area contributed by atoms with Crippen LogP contribution in [-0.4, -0.2) is 73.1 Å². The summed E-state index contributed by atoms with van der Waals surface area (Å²) in [6.45, 7) is 1.06. The molecule has 5 aliphatic rings. The van der Waals surface area contributed by atoms with Crippen LogP contribution in [0.25, 0.3) is 0 Å². The number of rotatable bonds is 0. The van der Waals surface area contributed by atoms with Crippen LogP contribution in [0, 0.1) is 17.8 Å². The molecule has 6 bridgehead atoms. The van der Waals surface area contributed by atoms with E-state index in [9.17, 15) is 26.3 Å². The average Bonchev–Trinajstić information content (AvgIpc) is 3.42. The number of hydrogen-bond acceptors (Lipinski definition) is 7. The molecule has 0 radical (unpaired) electrons. The monoisotopic (exact) mass is 514 g/mol. The first-order chi connectivity index (χ1) is 16.5. The number of nitrogens with two attached hydrogens (primary N) is 1. The SMILES string of the molecule is NC1CC(C(F)(F)F)C2NC1C1NNC(O1)C(C(F)(F)F)C1CC(CCC[C@@H]3CCCN23)CCN1. The second-order valence-corrected chi connectivity index (χ2v) is 10.9. The topological polar surface area (TPSA) is 86.6 Å². The molecular formula is C22H36F6N6O. The summed E-state index contributed by atoms with van der Waals surface area (Å²) < 4.78 is 90.8. The Morgan fingerprint density at radius 1 is 0.857 bits per heavy atom. The third kappa shape index (κ3) is 5.32. The molecule has 9 unspecified atom stereocenters. The van der Waals surface area contributed by atoms with Gasteiger partial charge in [-0.3, -0.25) is 10.2 Å². The second kappa shape index (κ2) is 9.88. The molecule has 5 rings (SSSR count). The Hall–Kier alpha value is -0.700. The Bertz CT molecular complexity index is 740. The summed E-state index contributed by atoms with van der Waals surface area (Å²) in [5, 5.41) is 6.14. The van der Waals surface area contributed by atoms with E-state index >= 15 is 0 Å². The number of fused-ring (bicyclic) bond motifs is 9. The van der Waals surface area contributed by atoms with Crippen molar-refractivity contribution in [3.8, 4) is 0 Å². The van der Waals surface area contributed by atoms with Crippen molar-refractivity contribution in [1.29, 1.82) is 0 Å². The Morgan fingerprint density at radius 2 is 1.60 bits per heavy atom. The zero-order chi connectivity index (χ0) is 25.0. The highest BCUT2D eigenvalue weighted by Gasteiger charge is 2.57. The van der Waals surface area contributed by atoms with Gasteiger partial charge in [0.05, 0.1) is 18.1 Å². The maximum absolute atomic E-state index is 14.2. The number of nitrogens with one attached hydrogen (secondary N) is 4. The molecule has 35 heavy (non-hydrogen) atoms. The van der Waals surface area contributed by atoms with E-state index in [0.29, 0.717) is 19.5 Å². The van der Waals surface area contributed by atoms with Gasteiger partial charge in [-0.1, -0.05) is 12.8 Å². The standard InChI is InChI=1S/C22H36F6N6O/c23-21(24,25)13-10-14(29)17-20-33-32-19(35-20)16(22(26,27)28)15-9-11(6-7-30-15)3-1-4-12-5-2-8-34(12)18(13)31-17/h11-20,30-33H,1-10,29H2/t11?,12-,13?,14?,15?,16?,17?,18?,19?,20?/m1/s1. The number of piperidine rings is 2. The summed E-state index contributed by atoms with van der Waals surface area (Å²) in [6.07, 6.45) is -7.43. The summed E-state index contributed by atoms with van der Waals surface area (Å²) in [5.41, 5.74) is 11.6. The molecule has 0 aromatic rings. The second-order valence-electron chi connectivity index (χ2n) is 10.9. The molecule has 5 saturated heterocycles. The van der Waals surface area contributed by atoms with Crippen molar-refractivity contribution in [2.75, 3.05) is 13.1 Å². The zero-order valence-corrected chi connectivity index (χ0v) is 19.5. The van der Waals surface area contributed by atoms with Crippen molar-refractivity contribution < 1.29 is 31.1 Å². The molecule has 5 heterocycles. The van der Waals surface area contributed by atoms with Gasteiger partial charge in [0, 0.05) is 18.1 Å². The Morgan fingerprint density at radius 3 is 2.34 bits per heavy atom. The molecule has 0 saturated carbocycles. The first-order valence-electron chi connectivity index (χ1n) is 12.8. The highest BCUT2D eigenvalue weighted by atomic mass is 19.4. The molecule has 7 nitrogen and oxygen atoms in total. The van der Waals surface area contributed by atoms with Crippen LogP contribution in [0.15, 0.2) is 0 Å². The predicted molar refractivity (Wildman–Crippen MR) is 115 cm³/mol. The quantitative estimate of drug-likeness (QED) is 0.317. The highest BCUT2D eigenvalue weighted by molar-refractivity contribution is 5.03. The van der Waals surface area contributed by atoms with Crippen molar-refractivity contribution in [3.63, 3.8) is 0 Å². The van der Waals surface area contributed by atoms with Gasteiger partial charge in [-0.2, -0.15) is 26.3 Å². The van der Waals surface area contributed by atoms with Crippen molar-refractivity contribution in [2.45, 2.75) is 107 Å². The van der Waals surface area contributed by atoms with Crippen molar-refractivity contribution >= 4 is 0 Å². The average molecular weight is 515 g/mol. The van der Waals surface area contributed by atoms with Crippen LogP contribution in [0.4, 0.5) is 26.3 Å². The van der Waals surface area contributed by atoms with Crippen LogP contribution in [0.1, 0.15) is 51.4 Å². The smallest absolute Gasteiger partial charge is 0.340 e. The minimum atomic E-state index is -4.52. The molecule has 0 aromatic heterocycles. The third-order valence-corrected chi connectivity index (χ3v) is 8.75. The van der Waals surface area contributed by atoms with E-state index in [0.717, 1.165) is 38.5 Å². The van der Waals surface area contributed by atoms with Crippen LogP contribution in [0.2, 0.25) is 0 Å². The molecule has 5 aliphatic heterocycles. The van der Waals surface area contributed by atoms with Crippen molar-refractivity contribution in [2.24, 2.45) is 23.5 Å². The number of alkyl halides is 6. The minimum absolute atomic E-state index is 0.0150. The van der Waals surface area contributed by atoms with Crippen LogP contribution < -0.4 is 27.2 Å². The van der Waals surface area contributed by atoms with E-state index in [1.54, 1.807) is 0 Å². The molecule has 5 fully saturated rings. The zero-order valence-electron chi connectivity index (χ0n) is 19.5. The molecule has 202 valence electrons. The van der Waals surface area contributed by atoms with Gasteiger partial charge in [-0.25, -0.2) is 10.9 Å². The fraction of sp³-hybridized carbons (Fsp3) is 1.00. The van der Waals surface area contributed by atoms with Gasteiger partial charge in [0.15, 0.2) is 0 Å². The first-order valence-corrected chi connectivity index (χ1v) is 12.8. The Kier molecular flexibility index (Phi) is 7.32. The molecule has 6 N–H and O–H groups in total. The van der Waals surface area contributed by atoms with Gasteiger partial charge >= 0.3 is 12.4 Å². The lowest BCUT2D eigenvalue weighted by atomic mass is 9.81. The molecular weight excluding hydrogens is 478 g/mol. The van der Waals surface area contributed by atoms with E-state index in [-0.39, 0.29) is 18.4 Å². The maximum atomic E-state index is 14.2. The van der Waals surface area contributed by atoms with Crippen molar-refractivity contribution in [3.05, 3.63) is 0 Å². The number of halogens is 6. The number of hydrogen-bond donors (Lipinski definition) is 5. The Labute approximate surface area is 201 Å². The summed E-state index contributed by atoms with van der Waals surface area (Å²) in [6, 6.07) is -2.49. The van der Waals surface area contributed by atoms with Crippen molar-refractivity contribution in [1.82, 2.24) is 26.4 Å². The van der Waals surface area contributed by atoms with E-state index in [1.807, 2.05) is 4.90 Å². The van der Waals surface area contributed by atoms with Gasteiger partial charge in [-0.05, 0) is 57.5 Å². The van der Waals surface area contributed by atoms with Gasteiger partial charge in [0.2, 0.25) is 0 Å². The molecule has 0 aromatic carbocycles. The van der Waals surface area contributed by atoms with Crippen LogP contribution in [0.3, 0.4) is 0 Å². The maximum Gasteiger partial charge on any atom is 0.397 e. The lowest BCUT2D eigenvalue weighted by molar-refractivity contribution is -0.224. The summed E-state index contributed by atoms with van der Waals surface area (Å²) in [5.74, 6) is -3.30. The number of hydrazine groups is 1. The van der Waals surface area contributed by atoms with Crippen LogP contribution in [-0.2, 0) is 4.74 Å². The van der Waals surface area contributed by atoms with Gasteiger partial charge in [-0.15, -0.1) is 0 Å². The van der Waals surface area contributed by atoms with E-state index in [2.05, 4.69) is 21.5 Å². The van der Waals surface area contributed by atoms with Gasteiger partial charge in [0.1, 0.15) is 18.4 Å². The van der Waals surface area contributed by atoms with Gasteiger partial charge < -0.3 is 15.8 Å². The van der Waals surface area contributed by atoms with Crippen LogP contribution >= 0.6 is 0 Å². The minimum Gasteiger partial charge on any atom is -0.340 e. The van der Waals surface area contributed by atoms with E-state index in [1.165, 1.54) is 0 Å². The normalized spacial score (nSPS) is 46.0. The van der Waals surface area contributed by atoms with Gasteiger partial charge in [0.25, 0.3) is 0 Å². The lowest BCUT2D eigenvalue weighted by Gasteiger charge is -2.48. The number of ether oxygens (including phenoxy) is 1. The first kappa shape index (κ1) is 25.9. The highest BCUT2D eigenvalue weighted by Crippen LogP contribution is 2.42. The molecule has 10 atom stereocenters. The molecule has 0 spiro atoms. The predicted octanol–water partition coefficient (Wildman–Crippen LogP) is 2.15. The van der Waals surface area contributed by atoms with E-state index < -0.39 is 60.9 Å². The Balaban J connectivity index is 1.46. The third-order valence-electron chi connectivity index (χ3n) is 8.75.